The molecular formula is C12H10ClFO2. The van der Waals surface area contributed by atoms with Gasteiger partial charge in [0.1, 0.15) is 5.82 Å². The molecule has 1 aromatic carbocycles. The van der Waals surface area contributed by atoms with Crippen LogP contribution in [0.2, 0.25) is 0 Å². The second kappa shape index (κ2) is 6.14. The van der Waals surface area contributed by atoms with E-state index < -0.39 is 11.8 Å². The summed E-state index contributed by atoms with van der Waals surface area (Å²) in [7, 11) is 0. The van der Waals surface area contributed by atoms with E-state index in [2.05, 4.69) is 11.8 Å². The van der Waals surface area contributed by atoms with Crippen molar-refractivity contribution in [2.24, 2.45) is 0 Å². The Kier molecular flexibility index (Phi) is 4.81. The van der Waals surface area contributed by atoms with Crippen molar-refractivity contribution < 1.29 is 13.9 Å². The standard InChI is InChI=1S/C12H10ClFO2/c1-2-16-12(15)11-6-5-10(14)8-9(11)4-3-7-13/h5-6,8H,2,7H2,1H3. The van der Waals surface area contributed by atoms with Gasteiger partial charge in [0.2, 0.25) is 0 Å². The van der Waals surface area contributed by atoms with Crippen LogP contribution in [0.3, 0.4) is 0 Å². The number of benzene rings is 1. The van der Waals surface area contributed by atoms with Gasteiger partial charge in [-0.05, 0) is 25.1 Å². The number of halogens is 2. The fourth-order valence-electron chi connectivity index (χ4n) is 1.14. The average molecular weight is 241 g/mol. The van der Waals surface area contributed by atoms with E-state index in [9.17, 15) is 9.18 Å². The molecule has 0 aliphatic carbocycles. The molecule has 2 nitrogen and oxygen atoms in total. The van der Waals surface area contributed by atoms with Gasteiger partial charge < -0.3 is 4.74 Å². The first-order valence-electron chi connectivity index (χ1n) is 4.70. The molecule has 0 radical (unpaired) electrons. The molecule has 0 saturated heterocycles. The molecule has 4 heteroatoms. The first kappa shape index (κ1) is 12.5. The predicted molar refractivity (Wildman–Crippen MR) is 60.0 cm³/mol. The lowest BCUT2D eigenvalue weighted by Gasteiger charge is -2.04. The van der Waals surface area contributed by atoms with Crippen molar-refractivity contribution in [3.8, 4) is 11.8 Å². The highest BCUT2D eigenvalue weighted by Crippen LogP contribution is 2.11. The molecule has 0 fully saturated rings. The third-order valence-corrected chi connectivity index (χ3v) is 1.90. The molecule has 1 aromatic rings. The molecule has 0 aliphatic heterocycles. The van der Waals surface area contributed by atoms with Gasteiger partial charge in [0, 0.05) is 5.56 Å². The lowest BCUT2D eigenvalue weighted by atomic mass is 10.1. The van der Waals surface area contributed by atoms with E-state index in [1.807, 2.05) is 0 Å². The Morgan fingerprint density at radius 1 is 1.56 bits per heavy atom. The summed E-state index contributed by atoms with van der Waals surface area (Å²) in [6.45, 7) is 1.96. The van der Waals surface area contributed by atoms with Crippen molar-refractivity contribution in [3.63, 3.8) is 0 Å². The van der Waals surface area contributed by atoms with Gasteiger partial charge in [-0.15, -0.1) is 11.6 Å². The molecule has 0 saturated carbocycles. The molecule has 0 heterocycles. The third-order valence-electron chi connectivity index (χ3n) is 1.77. The van der Waals surface area contributed by atoms with Gasteiger partial charge in [-0.25, -0.2) is 9.18 Å². The maximum Gasteiger partial charge on any atom is 0.339 e. The Hall–Kier alpha value is -1.53. The second-order valence-electron chi connectivity index (χ2n) is 2.85. The highest BCUT2D eigenvalue weighted by atomic mass is 35.5. The lowest BCUT2D eigenvalue weighted by Crippen LogP contribution is -2.07. The Labute approximate surface area is 98.4 Å². The molecule has 0 unspecified atom stereocenters. The molecule has 0 N–H and O–H groups in total. The molecular weight excluding hydrogens is 231 g/mol. The minimum absolute atomic E-state index is 0.124. The summed E-state index contributed by atoms with van der Waals surface area (Å²) in [5, 5.41) is 0. The highest BCUT2D eigenvalue weighted by molar-refractivity contribution is 6.19. The molecule has 0 spiro atoms. The largest absolute Gasteiger partial charge is 0.462 e. The van der Waals surface area contributed by atoms with Crippen molar-refractivity contribution >= 4 is 17.6 Å². The van der Waals surface area contributed by atoms with Crippen LogP contribution in [0.1, 0.15) is 22.8 Å². The van der Waals surface area contributed by atoms with Crippen LogP contribution in [-0.4, -0.2) is 18.5 Å². The Morgan fingerprint density at radius 2 is 2.31 bits per heavy atom. The van der Waals surface area contributed by atoms with Gasteiger partial charge in [-0.1, -0.05) is 11.8 Å². The Balaban J connectivity index is 3.12. The van der Waals surface area contributed by atoms with Gasteiger partial charge in [-0.2, -0.15) is 0 Å². The van der Waals surface area contributed by atoms with Crippen molar-refractivity contribution in [2.45, 2.75) is 6.92 Å². The van der Waals surface area contributed by atoms with Crippen LogP contribution in [0.25, 0.3) is 0 Å². The fourth-order valence-corrected chi connectivity index (χ4v) is 1.20. The van der Waals surface area contributed by atoms with Crippen LogP contribution in [0.15, 0.2) is 18.2 Å². The Morgan fingerprint density at radius 3 is 2.94 bits per heavy atom. The van der Waals surface area contributed by atoms with Gasteiger partial charge in [0.25, 0.3) is 0 Å². The van der Waals surface area contributed by atoms with E-state index in [-0.39, 0.29) is 18.1 Å². The minimum atomic E-state index is -0.513. The summed E-state index contributed by atoms with van der Waals surface area (Å²) in [4.78, 5) is 11.5. The molecule has 16 heavy (non-hydrogen) atoms. The number of carbonyl (C=O) groups is 1. The second-order valence-corrected chi connectivity index (χ2v) is 3.11. The number of ether oxygens (including phenoxy) is 1. The average Bonchev–Trinajstić information content (AvgIpc) is 2.26. The van der Waals surface area contributed by atoms with E-state index in [0.29, 0.717) is 5.56 Å². The normalized spacial score (nSPS) is 9.19. The van der Waals surface area contributed by atoms with E-state index in [1.54, 1.807) is 6.92 Å². The summed E-state index contributed by atoms with van der Waals surface area (Å²) < 4.78 is 17.8. The van der Waals surface area contributed by atoms with E-state index in [0.717, 1.165) is 0 Å². The molecule has 0 bridgehead atoms. The van der Waals surface area contributed by atoms with Gasteiger partial charge >= 0.3 is 5.97 Å². The first-order chi connectivity index (χ1) is 7.69. The molecule has 1 rings (SSSR count). The summed E-state index contributed by atoms with van der Waals surface area (Å²) in [6.07, 6.45) is 0. The van der Waals surface area contributed by atoms with Crippen molar-refractivity contribution in [2.75, 3.05) is 12.5 Å². The number of carbonyl (C=O) groups excluding carboxylic acids is 1. The number of rotatable bonds is 2. The van der Waals surface area contributed by atoms with Crippen LogP contribution in [-0.2, 0) is 4.74 Å². The number of alkyl halides is 1. The van der Waals surface area contributed by atoms with Crippen LogP contribution in [0.4, 0.5) is 4.39 Å². The Bertz CT molecular complexity index is 446. The van der Waals surface area contributed by atoms with Crippen LogP contribution in [0, 0.1) is 17.7 Å². The number of hydrogen-bond donors (Lipinski definition) is 0. The van der Waals surface area contributed by atoms with Crippen LogP contribution >= 0.6 is 11.6 Å². The van der Waals surface area contributed by atoms with E-state index >= 15 is 0 Å². The molecule has 0 aromatic heterocycles. The first-order valence-corrected chi connectivity index (χ1v) is 5.24. The topological polar surface area (TPSA) is 26.3 Å². The minimum Gasteiger partial charge on any atom is -0.462 e. The highest BCUT2D eigenvalue weighted by Gasteiger charge is 2.11. The van der Waals surface area contributed by atoms with Crippen molar-refractivity contribution in [3.05, 3.63) is 35.1 Å². The van der Waals surface area contributed by atoms with Gasteiger partial charge in [-0.3, -0.25) is 0 Å². The number of esters is 1. The molecule has 0 amide bonds. The smallest absolute Gasteiger partial charge is 0.339 e. The summed E-state index contributed by atoms with van der Waals surface area (Å²) in [5.41, 5.74) is 0.542. The zero-order valence-corrected chi connectivity index (χ0v) is 9.47. The van der Waals surface area contributed by atoms with Gasteiger partial charge in [0.05, 0.1) is 18.1 Å². The summed E-state index contributed by atoms with van der Waals surface area (Å²) in [5.74, 6) is 4.35. The van der Waals surface area contributed by atoms with Crippen LogP contribution in [0.5, 0.6) is 0 Å². The third kappa shape index (κ3) is 3.25. The van der Waals surface area contributed by atoms with E-state index in [1.165, 1.54) is 18.2 Å². The lowest BCUT2D eigenvalue weighted by molar-refractivity contribution is 0.0526. The fraction of sp³-hybridized carbons (Fsp3) is 0.250. The summed E-state index contributed by atoms with van der Waals surface area (Å²) >= 11 is 5.40. The maximum absolute atomic E-state index is 13.0. The van der Waals surface area contributed by atoms with Crippen molar-refractivity contribution in [1.29, 1.82) is 0 Å². The SMILES string of the molecule is CCOC(=O)c1ccc(F)cc1C#CCCl. The molecule has 84 valence electrons. The van der Waals surface area contributed by atoms with E-state index in [4.69, 9.17) is 16.3 Å². The van der Waals surface area contributed by atoms with Crippen molar-refractivity contribution in [1.82, 2.24) is 0 Å². The van der Waals surface area contributed by atoms with Crippen LogP contribution < -0.4 is 0 Å². The molecule has 0 aliphatic rings. The summed E-state index contributed by atoms with van der Waals surface area (Å²) in [6, 6.07) is 3.73. The molecule has 0 atom stereocenters. The van der Waals surface area contributed by atoms with Gasteiger partial charge in [0.15, 0.2) is 0 Å². The predicted octanol–water partition coefficient (Wildman–Crippen LogP) is 2.59. The monoisotopic (exact) mass is 240 g/mol. The zero-order valence-electron chi connectivity index (χ0n) is 8.72. The maximum atomic E-state index is 13.0. The quantitative estimate of drug-likeness (QED) is 0.451. The number of hydrogen-bond acceptors (Lipinski definition) is 2. The zero-order chi connectivity index (χ0) is 12.0.